The van der Waals surface area contributed by atoms with E-state index in [2.05, 4.69) is 31.5 Å². The van der Waals surface area contributed by atoms with Crippen LogP contribution in [0.2, 0.25) is 0 Å². The smallest absolute Gasteiger partial charge is 0.262 e. The number of anilines is 1. The fourth-order valence-electron chi connectivity index (χ4n) is 2.88. The van der Waals surface area contributed by atoms with Crippen molar-refractivity contribution in [2.24, 2.45) is 0 Å². The summed E-state index contributed by atoms with van der Waals surface area (Å²) in [5.74, 6) is 1.38. The summed E-state index contributed by atoms with van der Waals surface area (Å²) in [6.07, 6.45) is 1.70. The molecule has 3 rings (SSSR count). The number of hydrogen-bond donors (Lipinski definition) is 2. The van der Waals surface area contributed by atoms with Gasteiger partial charge >= 0.3 is 0 Å². The summed E-state index contributed by atoms with van der Waals surface area (Å²) >= 11 is 3.52. The molecule has 1 aromatic heterocycles. The first kappa shape index (κ1) is 23.6. The average Bonchev–Trinajstić information content (AvgIpc) is 2.80. The number of pyridine rings is 1. The molecular weight excluding hydrogens is 474 g/mol. The van der Waals surface area contributed by atoms with Crippen LogP contribution in [0.5, 0.6) is 17.4 Å². The van der Waals surface area contributed by atoms with Gasteiger partial charge in [-0.2, -0.15) is 0 Å². The number of halogens is 1. The topological polar surface area (TPSA) is 81.7 Å². The number of benzene rings is 2. The lowest BCUT2D eigenvalue weighted by Crippen LogP contribution is -2.21. The SMILES string of the molecule is COc1cc(CNCCOc2ccccn2)cc(Br)c1OCC(=O)Nc1ccc(C)cc1. The van der Waals surface area contributed by atoms with Crippen molar-refractivity contribution in [1.29, 1.82) is 0 Å². The van der Waals surface area contributed by atoms with E-state index in [1.54, 1.807) is 13.3 Å². The second-order valence-corrected chi connectivity index (χ2v) is 7.86. The highest BCUT2D eigenvalue weighted by Crippen LogP contribution is 2.36. The van der Waals surface area contributed by atoms with Gasteiger partial charge in [0, 0.05) is 31.0 Å². The van der Waals surface area contributed by atoms with Gasteiger partial charge in [-0.15, -0.1) is 0 Å². The first-order chi connectivity index (χ1) is 15.5. The highest BCUT2D eigenvalue weighted by atomic mass is 79.9. The van der Waals surface area contributed by atoms with Crippen LogP contribution in [0.1, 0.15) is 11.1 Å². The van der Waals surface area contributed by atoms with Crippen molar-refractivity contribution in [3.05, 3.63) is 76.4 Å². The third-order valence-electron chi connectivity index (χ3n) is 4.47. The minimum absolute atomic E-state index is 0.134. The molecule has 3 aromatic rings. The summed E-state index contributed by atoms with van der Waals surface area (Å²) in [7, 11) is 1.57. The Labute approximate surface area is 196 Å². The van der Waals surface area contributed by atoms with Gasteiger partial charge in [0.1, 0.15) is 6.61 Å². The van der Waals surface area contributed by atoms with E-state index in [4.69, 9.17) is 14.2 Å². The quantitative estimate of drug-likeness (QED) is 0.381. The van der Waals surface area contributed by atoms with Crippen LogP contribution in [0.15, 0.2) is 65.3 Å². The molecule has 1 amide bonds. The molecular formula is C24H26BrN3O4. The molecule has 2 aromatic carbocycles. The predicted molar refractivity (Wildman–Crippen MR) is 127 cm³/mol. The minimum atomic E-state index is -0.249. The molecule has 0 aliphatic rings. The number of nitrogens with zero attached hydrogens (tertiary/aromatic N) is 1. The lowest BCUT2D eigenvalue weighted by molar-refractivity contribution is -0.118. The van der Waals surface area contributed by atoms with E-state index in [0.29, 0.717) is 41.5 Å². The van der Waals surface area contributed by atoms with Crippen molar-refractivity contribution < 1.29 is 19.0 Å². The van der Waals surface area contributed by atoms with Crippen LogP contribution in [0.4, 0.5) is 5.69 Å². The van der Waals surface area contributed by atoms with E-state index in [1.165, 1.54) is 0 Å². The van der Waals surface area contributed by atoms with Gasteiger partial charge in [0.15, 0.2) is 18.1 Å². The van der Waals surface area contributed by atoms with E-state index >= 15 is 0 Å². The fourth-order valence-corrected chi connectivity index (χ4v) is 3.48. The number of methoxy groups -OCH3 is 1. The van der Waals surface area contributed by atoms with Crippen LogP contribution in [-0.2, 0) is 11.3 Å². The average molecular weight is 500 g/mol. The van der Waals surface area contributed by atoms with E-state index in [9.17, 15) is 4.79 Å². The number of aryl methyl sites for hydroxylation is 1. The normalized spacial score (nSPS) is 10.5. The van der Waals surface area contributed by atoms with Gasteiger partial charge in [0.2, 0.25) is 5.88 Å². The summed E-state index contributed by atoms with van der Waals surface area (Å²) in [6.45, 7) is 3.65. The third kappa shape index (κ3) is 7.25. The molecule has 0 aliphatic heterocycles. The lowest BCUT2D eigenvalue weighted by Gasteiger charge is -2.15. The molecule has 0 aliphatic carbocycles. The van der Waals surface area contributed by atoms with Crippen molar-refractivity contribution in [1.82, 2.24) is 10.3 Å². The summed E-state index contributed by atoms with van der Waals surface area (Å²) in [5.41, 5.74) is 2.86. The monoisotopic (exact) mass is 499 g/mol. The Morgan fingerprint density at radius 2 is 1.91 bits per heavy atom. The largest absolute Gasteiger partial charge is 0.493 e. The highest BCUT2D eigenvalue weighted by molar-refractivity contribution is 9.10. The zero-order valence-electron chi connectivity index (χ0n) is 18.1. The standard InChI is InChI=1S/C24H26BrN3O4/c1-17-6-8-19(9-7-17)28-22(29)16-32-24-20(25)13-18(14-21(24)30-2)15-26-11-12-31-23-5-3-4-10-27-23/h3-10,13-14,26H,11-12,15-16H2,1-2H3,(H,28,29). The van der Waals surface area contributed by atoms with Crippen LogP contribution in [0, 0.1) is 6.92 Å². The Hall–Kier alpha value is -3.10. The maximum absolute atomic E-state index is 12.2. The molecule has 0 bridgehead atoms. The zero-order chi connectivity index (χ0) is 22.8. The van der Waals surface area contributed by atoms with Crippen molar-refractivity contribution >= 4 is 27.5 Å². The number of aromatic nitrogens is 1. The van der Waals surface area contributed by atoms with E-state index in [1.807, 2.05) is 61.5 Å². The first-order valence-corrected chi connectivity index (χ1v) is 10.9. The van der Waals surface area contributed by atoms with Crippen LogP contribution in [0.25, 0.3) is 0 Å². The Morgan fingerprint density at radius 1 is 1.09 bits per heavy atom. The molecule has 0 saturated heterocycles. The van der Waals surface area contributed by atoms with Gasteiger partial charge in [-0.3, -0.25) is 4.79 Å². The van der Waals surface area contributed by atoms with Gasteiger partial charge in [-0.25, -0.2) is 4.98 Å². The van der Waals surface area contributed by atoms with Gasteiger partial charge in [0.05, 0.1) is 11.6 Å². The summed E-state index contributed by atoms with van der Waals surface area (Å²) < 4.78 is 17.5. The molecule has 0 saturated carbocycles. The van der Waals surface area contributed by atoms with E-state index in [-0.39, 0.29) is 12.5 Å². The maximum Gasteiger partial charge on any atom is 0.262 e. The molecule has 1 heterocycles. The van der Waals surface area contributed by atoms with Crippen LogP contribution >= 0.6 is 15.9 Å². The Morgan fingerprint density at radius 3 is 2.62 bits per heavy atom. The number of carbonyl (C=O) groups is 1. The zero-order valence-corrected chi connectivity index (χ0v) is 19.6. The number of amides is 1. The number of hydrogen-bond acceptors (Lipinski definition) is 6. The summed E-state index contributed by atoms with van der Waals surface area (Å²) in [4.78, 5) is 16.4. The van der Waals surface area contributed by atoms with E-state index < -0.39 is 0 Å². The fraction of sp³-hybridized carbons (Fsp3) is 0.250. The van der Waals surface area contributed by atoms with E-state index in [0.717, 1.165) is 16.8 Å². The number of rotatable bonds is 11. The summed E-state index contributed by atoms with van der Waals surface area (Å²) in [5, 5.41) is 6.13. The van der Waals surface area contributed by atoms with Gasteiger partial charge in [0.25, 0.3) is 5.91 Å². The molecule has 8 heteroatoms. The molecule has 0 spiro atoms. The van der Waals surface area contributed by atoms with Crippen LogP contribution in [-0.4, -0.2) is 37.8 Å². The molecule has 2 N–H and O–H groups in total. The Bertz CT molecular complexity index is 1010. The molecule has 168 valence electrons. The molecule has 0 atom stereocenters. The van der Waals surface area contributed by atoms with Gasteiger partial charge in [-0.05, 0) is 58.7 Å². The predicted octanol–water partition coefficient (Wildman–Crippen LogP) is 4.35. The Kier molecular flexibility index (Phi) is 8.89. The number of carbonyl (C=O) groups excluding carboxylic acids is 1. The molecule has 0 fully saturated rings. The first-order valence-electron chi connectivity index (χ1n) is 10.2. The number of nitrogens with one attached hydrogen (secondary N) is 2. The van der Waals surface area contributed by atoms with Crippen molar-refractivity contribution in [3.63, 3.8) is 0 Å². The molecule has 0 unspecified atom stereocenters. The van der Waals surface area contributed by atoms with Crippen molar-refractivity contribution in [2.45, 2.75) is 13.5 Å². The second kappa shape index (κ2) is 12.1. The second-order valence-electron chi connectivity index (χ2n) is 7.01. The minimum Gasteiger partial charge on any atom is -0.493 e. The lowest BCUT2D eigenvalue weighted by atomic mass is 10.2. The molecule has 0 radical (unpaired) electrons. The van der Waals surface area contributed by atoms with Crippen molar-refractivity contribution in [2.75, 3.05) is 32.2 Å². The van der Waals surface area contributed by atoms with Crippen LogP contribution in [0.3, 0.4) is 0 Å². The molecule has 32 heavy (non-hydrogen) atoms. The Balaban J connectivity index is 1.49. The highest BCUT2D eigenvalue weighted by Gasteiger charge is 2.14. The summed E-state index contributed by atoms with van der Waals surface area (Å²) in [6, 6.07) is 16.9. The van der Waals surface area contributed by atoms with Gasteiger partial charge < -0.3 is 24.8 Å². The molecule has 7 nitrogen and oxygen atoms in total. The third-order valence-corrected chi connectivity index (χ3v) is 5.06. The van der Waals surface area contributed by atoms with Gasteiger partial charge in [-0.1, -0.05) is 23.8 Å². The van der Waals surface area contributed by atoms with Crippen LogP contribution < -0.4 is 24.8 Å². The number of ether oxygens (including phenoxy) is 3. The maximum atomic E-state index is 12.2. The van der Waals surface area contributed by atoms with Crippen molar-refractivity contribution in [3.8, 4) is 17.4 Å².